The molecule has 7 heavy (non-hydrogen) atoms. The van der Waals surface area contributed by atoms with Gasteiger partial charge in [0.2, 0.25) is 0 Å². The third-order valence-electron chi connectivity index (χ3n) is 0. The van der Waals surface area contributed by atoms with Crippen molar-refractivity contribution in [3.8, 4) is 0 Å². The van der Waals surface area contributed by atoms with E-state index in [0.29, 0.717) is 0 Å². The molecular formula is H3Cl5NPt. The molecule has 0 heterocycles. The molecule has 0 atom stereocenters. The quantitative estimate of drug-likeness (QED) is 0.675. The molecule has 0 spiro atoms. The second-order valence-electron chi connectivity index (χ2n) is 0.452. The van der Waals surface area contributed by atoms with Crippen molar-refractivity contribution in [1.82, 2.24) is 6.15 Å². The van der Waals surface area contributed by atoms with E-state index in [1.165, 1.54) is 0 Å². The zero-order chi connectivity index (χ0) is 5.45. The van der Waals surface area contributed by atoms with Crippen molar-refractivity contribution in [2.45, 2.75) is 0 Å². The Morgan fingerprint density at radius 2 is 0.714 bits per heavy atom. The third kappa shape index (κ3) is 68.4. The SMILES string of the molecule is N.[Cl][Pt]([Cl])([Cl])([Cl])[Cl]. The van der Waals surface area contributed by atoms with Crippen LogP contribution in [0.2, 0.25) is 0 Å². The maximum atomic E-state index is 5.03. The van der Waals surface area contributed by atoms with E-state index >= 15 is 0 Å². The van der Waals surface area contributed by atoms with Gasteiger partial charge in [-0.1, -0.05) is 0 Å². The molecular weight excluding hydrogens is 386 g/mol. The molecule has 0 aromatic carbocycles. The van der Waals surface area contributed by atoms with Gasteiger partial charge in [-0.2, -0.15) is 0 Å². The van der Waals surface area contributed by atoms with Crippen molar-refractivity contribution < 1.29 is 9.60 Å². The molecule has 0 amide bonds. The molecule has 0 aliphatic carbocycles. The Labute approximate surface area is 62.3 Å². The summed E-state index contributed by atoms with van der Waals surface area (Å²) < 4.78 is 0. The Kier molecular flexibility index (Phi) is 4.72. The molecule has 0 unspecified atom stereocenters. The van der Waals surface area contributed by atoms with Crippen LogP contribution in [0.25, 0.3) is 0 Å². The van der Waals surface area contributed by atoms with Gasteiger partial charge >= 0.3 is 56.7 Å². The van der Waals surface area contributed by atoms with Crippen molar-refractivity contribution in [1.29, 1.82) is 0 Å². The summed E-state index contributed by atoms with van der Waals surface area (Å²) in [7, 11) is 21.0. The Hall–Kier alpha value is 2.10. The van der Waals surface area contributed by atoms with Crippen LogP contribution in [0.1, 0.15) is 0 Å². The van der Waals surface area contributed by atoms with Gasteiger partial charge in [-0.25, -0.2) is 0 Å². The van der Waals surface area contributed by atoms with E-state index < -0.39 is 9.60 Å². The minimum atomic E-state index is -4.19. The van der Waals surface area contributed by atoms with Gasteiger partial charge in [-0.05, 0) is 0 Å². The summed E-state index contributed by atoms with van der Waals surface area (Å²) in [6.45, 7) is 0. The van der Waals surface area contributed by atoms with E-state index in [9.17, 15) is 0 Å². The molecule has 3 N–H and O–H groups in total. The van der Waals surface area contributed by atoms with Gasteiger partial charge in [0.15, 0.2) is 0 Å². The van der Waals surface area contributed by atoms with Crippen molar-refractivity contribution >= 4 is 47.1 Å². The van der Waals surface area contributed by atoms with Crippen LogP contribution in [0.3, 0.4) is 0 Å². The number of hydrogen-bond donors (Lipinski definition) is 1. The van der Waals surface area contributed by atoms with E-state index in [1.807, 2.05) is 0 Å². The van der Waals surface area contributed by atoms with E-state index in [4.69, 9.17) is 47.1 Å². The van der Waals surface area contributed by atoms with Crippen molar-refractivity contribution in [3.05, 3.63) is 0 Å². The Balaban J connectivity index is 0. The molecule has 1 nitrogen and oxygen atoms in total. The summed E-state index contributed by atoms with van der Waals surface area (Å²) in [5, 5.41) is 0. The van der Waals surface area contributed by atoms with Crippen LogP contribution in [0.15, 0.2) is 0 Å². The van der Waals surface area contributed by atoms with Gasteiger partial charge in [0.05, 0.1) is 0 Å². The molecule has 0 bridgehead atoms. The predicted molar refractivity (Wildman–Crippen MR) is 34.3 cm³/mol. The number of halogens is 5. The summed E-state index contributed by atoms with van der Waals surface area (Å²) in [5.41, 5.74) is 0. The normalized spacial score (nSPS) is 16.4. The fourth-order valence-corrected chi connectivity index (χ4v) is 0. The Bertz CT molecular complexity index is 41.3. The number of hydrogen-bond acceptors (Lipinski definition) is 1. The first kappa shape index (κ1) is 11.8. The van der Waals surface area contributed by atoms with Crippen LogP contribution in [-0.4, -0.2) is 0 Å². The third-order valence-corrected chi connectivity index (χ3v) is 0. The average molecular weight is 389 g/mol. The van der Waals surface area contributed by atoms with Gasteiger partial charge in [0.1, 0.15) is 0 Å². The molecule has 53 valence electrons. The molecule has 7 heteroatoms. The summed E-state index contributed by atoms with van der Waals surface area (Å²) in [5.74, 6) is 0. The zero-order valence-electron chi connectivity index (χ0n) is 2.91. The Morgan fingerprint density at radius 1 is 0.714 bits per heavy atom. The van der Waals surface area contributed by atoms with E-state index in [-0.39, 0.29) is 6.15 Å². The van der Waals surface area contributed by atoms with Gasteiger partial charge in [0.25, 0.3) is 0 Å². The molecule has 0 radical (unpaired) electrons. The van der Waals surface area contributed by atoms with Crippen LogP contribution in [0, 0.1) is 0 Å². The molecule has 0 saturated heterocycles. The van der Waals surface area contributed by atoms with Crippen molar-refractivity contribution in [2.24, 2.45) is 0 Å². The first-order chi connectivity index (χ1) is 2.24. The molecule has 0 rings (SSSR count). The molecule has 0 aliphatic rings. The fraction of sp³-hybridized carbons (Fsp3) is 0. The molecule has 0 aliphatic heterocycles. The second kappa shape index (κ2) is 2.79. The first-order valence-corrected chi connectivity index (χ1v) is 14.7. The summed E-state index contributed by atoms with van der Waals surface area (Å²) in [6, 6.07) is 0. The van der Waals surface area contributed by atoms with Gasteiger partial charge in [-0.15, -0.1) is 0 Å². The number of rotatable bonds is 0. The second-order valence-corrected chi connectivity index (χ2v) is 33.3. The average Bonchev–Trinajstić information content (AvgIpc) is 0.650. The maximum absolute atomic E-state index is 5.03. The summed E-state index contributed by atoms with van der Waals surface area (Å²) in [4.78, 5) is 0. The van der Waals surface area contributed by atoms with Gasteiger partial charge in [0, 0.05) is 0 Å². The predicted octanol–water partition coefficient (Wildman–Crippen LogP) is 3.61. The summed E-state index contributed by atoms with van der Waals surface area (Å²) in [6.07, 6.45) is 0. The van der Waals surface area contributed by atoms with Crippen LogP contribution < -0.4 is 6.15 Å². The molecule has 0 saturated carbocycles. The van der Waals surface area contributed by atoms with Crippen LogP contribution >= 0.6 is 47.1 Å². The fourth-order valence-electron chi connectivity index (χ4n) is 0. The van der Waals surface area contributed by atoms with Gasteiger partial charge in [-0.3, -0.25) is 0 Å². The summed E-state index contributed by atoms with van der Waals surface area (Å²) >= 11 is 0. The van der Waals surface area contributed by atoms with Crippen molar-refractivity contribution in [3.63, 3.8) is 0 Å². The first-order valence-electron chi connectivity index (χ1n) is 0.598. The monoisotopic (exact) mass is 387 g/mol. The van der Waals surface area contributed by atoms with Crippen LogP contribution in [0.4, 0.5) is 0 Å². The minimum absolute atomic E-state index is 0. The standard InChI is InChI=1S/5ClH.H3N.Pt/h5*1H;1H3;/q;;;;;;+5/p-5. The van der Waals surface area contributed by atoms with Crippen molar-refractivity contribution in [2.75, 3.05) is 0 Å². The van der Waals surface area contributed by atoms with Crippen LogP contribution in [0.5, 0.6) is 0 Å². The van der Waals surface area contributed by atoms with Gasteiger partial charge < -0.3 is 6.15 Å². The van der Waals surface area contributed by atoms with Crippen LogP contribution in [-0.2, 0) is 9.60 Å². The molecule has 0 aromatic heterocycles. The molecule has 0 fully saturated rings. The zero-order valence-corrected chi connectivity index (χ0v) is 8.97. The topological polar surface area (TPSA) is 35.0 Å². The Morgan fingerprint density at radius 3 is 0.714 bits per heavy atom. The van der Waals surface area contributed by atoms with E-state index in [2.05, 4.69) is 0 Å². The van der Waals surface area contributed by atoms with E-state index in [0.717, 1.165) is 0 Å². The molecule has 0 aromatic rings. The van der Waals surface area contributed by atoms with E-state index in [1.54, 1.807) is 0 Å².